The molecule has 0 aliphatic rings. The summed E-state index contributed by atoms with van der Waals surface area (Å²) in [5.41, 5.74) is 0. The van der Waals surface area contributed by atoms with Crippen molar-refractivity contribution >= 4 is 5.91 Å². The first kappa shape index (κ1) is 10.6. The molecule has 0 saturated carbocycles. The summed E-state index contributed by atoms with van der Waals surface area (Å²) >= 11 is 0. The van der Waals surface area contributed by atoms with Crippen LogP contribution < -0.4 is 10.6 Å². The number of nitrogens with one attached hydrogen (secondary N) is 2. The Morgan fingerprint density at radius 2 is 2.36 bits per heavy atom. The Balaban J connectivity index is 2.09. The molecule has 1 amide bonds. The smallest absolute Gasteiger partial charge is 0.221 e. The zero-order valence-corrected chi connectivity index (χ0v) is 8.23. The van der Waals surface area contributed by atoms with E-state index in [0.29, 0.717) is 19.5 Å². The van der Waals surface area contributed by atoms with Crippen LogP contribution in [0.25, 0.3) is 0 Å². The zero-order chi connectivity index (χ0) is 10.2. The summed E-state index contributed by atoms with van der Waals surface area (Å²) in [5, 5.41) is 9.63. The van der Waals surface area contributed by atoms with Crippen LogP contribution in [0.15, 0.2) is 12.7 Å². The van der Waals surface area contributed by atoms with E-state index in [9.17, 15) is 4.79 Å². The number of rotatable bonds is 6. The van der Waals surface area contributed by atoms with Crippen molar-refractivity contribution in [1.82, 2.24) is 25.4 Å². The van der Waals surface area contributed by atoms with Gasteiger partial charge in [0.2, 0.25) is 5.91 Å². The van der Waals surface area contributed by atoms with Gasteiger partial charge in [-0.2, -0.15) is 5.10 Å². The highest BCUT2D eigenvalue weighted by Gasteiger charge is 2.00. The van der Waals surface area contributed by atoms with Gasteiger partial charge < -0.3 is 10.6 Å². The number of aryl methyl sites for hydroxylation is 1. The maximum atomic E-state index is 11.2. The van der Waals surface area contributed by atoms with Crippen molar-refractivity contribution in [1.29, 1.82) is 0 Å². The molecule has 0 spiro atoms. The Morgan fingerprint density at radius 3 is 3.00 bits per heavy atom. The van der Waals surface area contributed by atoms with Crippen LogP contribution in [-0.2, 0) is 11.3 Å². The number of carbonyl (C=O) groups excluding carboxylic acids is 1. The van der Waals surface area contributed by atoms with Gasteiger partial charge in [-0.05, 0) is 7.05 Å². The molecular formula is C8H15N5O. The van der Waals surface area contributed by atoms with E-state index in [-0.39, 0.29) is 5.91 Å². The summed E-state index contributed by atoms with van der Waals surface area (Å²) in [6, 6.07) is 0. The lowest BCUT2D eigenvalue weighted by molar-refractivity contribution is -0.121. The summed E-state index contributed by atoms with van der Waals surface area (Å²) in [6.07, 6.45) is 3.49. The molecule has 0 aliphatic carbocycles. The van der Waals surface area contributed by atoms with E-state index in [1.165, 1.54) is 6.33 Å². The predicted octanol–water partition coefficient (Wildman–Crippen LogP) is -0.996. The average Bonchev–Trinajstić information content (AvgIpc) is 2.68. The van der Waals surface area contributed by atoms with Crippen molar-refractivity contribution in [2.45, 2.75) is 13.0 Å². The topological polar surface area (TPSA) is 71.8 Å². The number of nitrogens with zero attached hydrogens (tertiary/aromatic N) is 3. The SMILES string of the molecule is CNCCNC(=O)CCn1cncn1. The highest BCUT2D eigenvalue weighted by Crippen LogP contribution is 1.86. The fourth-order valence-corrected chi connectivity index (χ4v) is 0.980. The molecule has 6 heteroatoms. The highest BCUT2D eigenvalue weighted by atomic mass is 16.1. The monoisotopic (exact) mass is 197 g/mol. The van der Waals surface area contributed by atoms with Crippen molar-refractivity contribution in [2.75, 3.05) is 20.1 Å². The minimum atomic E-state index is 0.0377. The molecule has 0 atom stereocenters. The second-order valence-corrected chi connectivity index (χ2v) is 2.86. The van der Waals surface area contributed by atoms with Crippen LogP contribution in [0.3, 0.4) is 0 Å². The fourth-order valence-electron chi connectivity index (χ4n) is 0.980. The van der Waals surface area contributed by atoms with Gasteiger partial charge in [-0.1, -0.05) is 0 Å². The molecule has 0 aliphatic heterocycles. The van der Waals surface area contributed by atoms with Crippen LogP contribution >= 0.6 is 0 Å². The number of hydrogen-bond donors (Lipinski definition) is 2. The van der Waals surface area contributed by atoms with E-state index >= 15 is 0 Å². The maximum Gasteiger partial charge on any atom is 0.221 e. The molecular weight excluding hydrogens is 182 g/mol. The first-order chi connectivity index (χ1) is 6.83. The lowest BCUT2D eigenvalue weighted by Gasteiger charge is -2.04. The van der Waals surface area contributed by atoms with Crippen LogP contribution in [-0.4, -0.2) is 40.8 Å². The molecule has 0 aromatic carbocycles. The largest absolute Gasteiger partial charge is 0.355 e. The van der Waals surface area contributed by atoms with Crippen molar-refractivity contribution in [3.8, 4) is 0 Å². The first-order valence-electron chi connectivity index (χ1n) is 4.56. The van der Waals surface area contributed by atoms with Crippen molar-refractivity contribution < 1.29 is 4.79 Å². The second-order valence-electron chi connectivity index (χ2n) is 2.86. The molecule has 6 nitrogen and oxygen atoms in total. The van der Waals surface area contributed by atoms with E-state index < -0.39 is 0 Å². The Labute approximate surface area is 82.7 Å². The van der Waals surface area contributed by atoms with Crippen LogP contribution in [0.1, 0.15) is 6.42 Å². The summed E-state index contributed by atoms with van der Waals surface area (Å²) in [7, 11) is 1.85. The lowest BCUT2D eigenvalue weighted by Crippen LogP contribution is -2.30. The Kier molecular flexibility index (Phi) is 4.63. The molecule has 0 unspecified atom stereocenters. The molecule has 0 bridgehead atoms. The normalized spacial score (nSPS) is 10.1. The number of amides is 1. The molecule has 0 radical (unpaired) electrons. The summed E-state index contributed by atoms with van der Waals surface area (Å²) < 4.78 is 1.64. The van der Waals surface area contributed by atoms with Crippen molar-refractivity contribution in [3.05, 3.63) is 12.7 Å². The third-order valence-corrected chi connectivity index (χ3v) is 1.73. The summed E-state index contributed by atoms with van der Waals surface area (Å²) in [4.78, 5) is 15.0. The molecule has 78 valence electrons. The van der Waals surface area contributed by atoms with Gasteiger partial charge in [-0.25, -0.2) is 4.98 Å². The third kappa shape index (κ3) is 3.99. The standard InChI is InChI=1S/C8H15N5O/c1-9-3-4-11-8(14)2-5-13-7-10-6-12-13/h6-7,9H,2-5H2,1H3,(H,11,14). The van der Waals surface area contributed by atoms with Gasteiger partial charge in [-0.3, -0.25) is 9.48 Å². The number of likely N-dealkylation sites (N-methyl/N-ethyl adjacent to an activating group) is 1. The van der Waals surface area contributed by atoms with Crippen molar-refractivity contribution in [3.63, 3.8) is 0 Å². The van der Waals surface area contributed by atoms with E-state index in [2.05, 4.69) is 20.7 Å². The van der Waals surface area contributed by atoms with Crippen LogP contribution in [0, 0.1) is 0 Å². The fraction of sp³-hybridized carbons (Fsp3) is 0.625. The highest BCUT2D eigenvalue weighted by molar-refractivity contribution is 5.75. The van der Waals surface area contributed by atoms with E-state index in [4.69, 9.17) is 0 Å². The van der Waals surface area contributed by atoms with E-state index in [1.807, 2.05) is 7.05 Å². The van der Waals surface area contributed by atoms with Gasteiger partial charge in [0, 0.05) is 19.5 Å². The van der Waals surface area contributed by atoms with E-state index in [1.54, 1.807) is 11.0 Å². The predicted molar refractivity (Wildman–Crippen MR) is 51.6 cm³/mol. The summed E-state index contributed by atoms with van der Waals surface area (Å²) in [6.45, 7) is 2.02. The van der Waals surface area contributed by atoms with Crippen LogP contribution in [0.5, 0.6) is 0 Å². The Bertz CT molecular complexity index is 259. The number of hydrogen-bond acceptors (Lipinski definition) is 4. The minimum Gasteiger partial charge on any atom is -0.355 e. The minimum absolute atomic E-state index is 0.0377. The van der Waals surface area contributed by atoms with Crippen LogP contribution in [0.4, 0.5) is 0 Å². The number of aromatic nitrogens is 3. The van der Waals surface area contributed by atoms with Gasteiger partial charge in [-0.15, -0.1) is 0 Å². The maximum absolute atomic E-state index is 11.2. The quantitative estimate of drug-likeness (QED) is 0.574. The number of carbonyl (C=O) groups is 1. The van der Waals surface area contributed by atoms with Gasteiger partial charge in [0.05, 0.1) is 6.54 Å². The second kappa shape index (κ2) is 6.09. The lowest BCUT2D eigenvalue weighted by atomic mass is 10.4. The average molecular weight is 197 g/mol. The van der Waals surface area contributed by atoms with Gasteiger partial charge in [0.25, 0.3) is 0 Å². The zero-order valence-electron chi connectivity index (χ0n) is 8.23. The van der Waals surface area contributed by atoms with Crippen LogP contribution in [0.2, 0.25) is 0 Å². The van der Waals surface area contributed by atoms with Gasteiger partial charge >= 0.3 is 0 Å². The van der Waals surface area contributed by atoms with Gasteiger partial charge in [0.1, 0.15) is 12.7 Å². The third-order valence-electron chi connectivity index (χ3n) is 1.73. The molecule has 0 saturated heterocycles. The molecule has 1 aromatic rings. The van der Waals surface area contributed by atoms with Crippen molar-refractivity contribution in [2.24, 2.45) is 0 Å². The Hall–Kier alpha value is -1.43. The molecule has 1 heterocycles. The van der Waals surface area contributed by atoms with E-state index in [0.717, 1.165) is 6.54 Å². The Morgan fingerprint density at radius 1 is 1.50 bits per heavy atom. The molecule has 1 rings (SSSR count). The molecule has 14 heavy (non-hydrogen) atoms. The molecule has 1 aromatic heterocycles. The van der Waals surface area contributed by atoms with Gasteiger partial charge in [0.15, 0.2) is 0 Å². The molecule has 2 N–H and O–H groups in total. The first-order valence-corrected chi connectivity index (χ1v) is 4.56. The summed E-state index contributed by atoms with van der Waals surface area (Å²) in [5.74, 6) is 0.0377. The molecule has 0 fully saturated rings.